The van der Waals surface area contributed by atoms with E-state index in [1.165, 1.54) is 0 Å². The average Bonchev–Trinajstić information content (AvgIpc) is 2.59. The van der Waals surface area contributed by atoms with Crippen molar-refractivity contribution in [1.29, 1.82) is 0 Å². The number of nitrogens with zero attached hydrogens (tertiary/aromatic N) is 2. The van der Waals surface area contributed by atoms with Crippen molar-refractivity contribution < 1.29 is 15.1 Å². The normalized spacial score (nSPS) is 32.7. The molecule has 2 heterocycles. The van der Waals surface area contributed by atoms with E-state index in [0.29, 0.717) is 12.8 Å². The van der Waals surface area contributed by atoms with Crippen LogP contribution in [-0.2, 0) is 4.79 Å². The van der Waals surface area contributed by atoms with E-state index in [-0.39, 0.29) is 29.9 Å². The molecule has 6 heteroatoms. The number of amidine groups is 1. The highest BCUT2D eigenvalue weighted by molar-refractivity contribution is 6.06. The van der Waals surface area contributed by atoms with Crippen molar-refractivity contribution in [2.24, 2.45) is 16.3 Å². The molecule has 18 heavy (non-hydrogen) atoms. The number of oxime groups is 1. The van der Waals surface area contributed by atoms with Crippen molar-refractivity contribution in [3.05, 3.63) is 0 Å². The van der Waals surface area contributed by atoms with Gasteiger partial charge < -0.3 is 20.9 Å². The molecule has 0 aromatic carbocycles. The van der Waals surface area contributed by atoms with E-state index >= 15 is 0 Å². The van der Waals surface area contributed by atoms with Crippen LogP contribution in [-0.4, -0.2) is 45.1 Å². The van der Waals surface area contributed by atoms with Crippen LogP contribution in [0.15, 0.2) is 5.16 Å². The van der Waals surface area contributed by atoms with Crippen molar-refractivity contribution in [2.75, 3.05) is 0 Å². The molecule has 4 N–H and O–H groups in total. The van der Waals surface area contributed by atoms with Gasteiger partial charge in [-0.2, -0.15) is 0 Å². The zero-order valence-corrected chi connectivity index (χ0v) is 10.8. The number of piperidine rings is 1. The van der Waals surface area contributed by atoms with E-state index in [4.69, 9.17) is 10.9 Å². The minimum absolute atomic E-state index is 0.0713. The summed E-state index contributed by atoms with van der Waals surface area (Å²) in [5.74, 6) is -0.185. The first-order chi connectivity index (χ1) is 8.37. The maximum atomic E-state index is 12.6. The van der Waals surface area contributed by atoms with Crippen LogP contribution in [0.1, 0.15) is 39.5 Å². The van der Waals surface area contributed by atoms with E-state index in [1.807, 2.05) is 4.90 Å². The number of hydrogen-bond acceptors (Lipinski definition) is 4. The third-order valence-electron chi connectivity index (χ3n) is 4.23. The van der Waals surface area contributed by atoms with Gasteiger partial charge in [0.15, 0.2) is 5.84 Å². The molecule has 0 aromatic heterocycles. The van der Waals surface area contributed by atoms with Crippen molar-refractivity contribution in [3.63, 3.8) is 0 Å². The molecule has 2 saturated heterocycles. The lowest BCUT2D eigenvalue weighted by Crippen LogP contribution is -2.55. The number of aliphatic hydroxyl groups excluding tert-OH is 1. The quantitative estimate of drug-likeness (QED) is 0.285. The fraction of sp³-hybridized carbons (Fsp3) is 0.833. The Balaban J connectivity index is 2.20. The lowest BCUT2D eigenvalue weighted by Gasteiger charge is -2.41. The monoisotopic (exact) mass is 255 g/mol. The molecule has 0 aromatic rings. The lowest BCUT2D eigenvalue weighted by molar-refractivity contribution is -0.143. The number of aliphatic hydroxyl groups is 1. The smallest absolute Gasteiger partial charge is 0.236 e. The number of carbonyl (C=O) groups is 1. The summed E-state index contributed by atoms with van der Waals surface area (Å²) in [6.07, 6.45) is 2.82. The van der Waals surface area contributed by atoms with Gasteiger partial charge in [-0.3, -0.25) is 4.79 Å². The van der Waals surface area contributed by atoms with Gasteiger partial charge in [0.25, 0.3) is 0 Å². The molecule has 2 aliphatic rings. The Bertz CT molecular complexity index is 367. The number of carbonyl (C=O) groups excluding carboxylic acids is 1. The summed E-state index contributed by atoms with van der Waals surface area (Å²) in [5.41, 5.74) is 4.60. The van der Waals surface area contributed by atoms with Crippen LogP contribution in [0.2, 0.25) is 0 Å². The fourth-order valence-electron chi connectivity index (χ4n) is 3.04. The van der Waals surface area contributed by atoms with E-state index in [0.717, 1.165) is 12.8 Å². The first-order valence-electron chi connectivity index (χ1n) is 6.36. The van der Waals surface area contributed by atoms with Crippen molar-refractivity contribution in [2.45, 2.75) is 57.7 Å². The van der Waals surface area contributed by atoms with Crippen LogP contribution in [0.4, 0.5) is 0 Å². The molecule has 6 nitrogen and oxygen atoms in total. The first kappa shape index (κ1) is 13.1. The zero-order chi connectivity index (χ0) is 13.5. The molecule has 0 saturated carbocycles. The summed E-state index contributed by atoms with van der Waals surface area (Å²) < 4.78 is 0. The van der Waals surface area contributed by atoms with Gasteiger partial charge in [0.1, 0.15) is 5.41 Å². The number of nitrogens with two attached hydrogens (primary N) is 1. The molecule has 2 aliphatic heterocycles. The number of fused-ring (bicyclic) bond motifs is 2. The standard InChI is InChI=1S/C12H21N3O3/c1-12(2,10(13)14-18)11(17)15-7-3-4-8(15)6-9(16)5-7/h7-9,16,18H,3-6H2,1-2H3,(H2,13,14). The highest BCUT2D eigenvalue weighted by atomic mass is 16.4. The third-order valence-corrected chi connectivity index (χ3v) is 4.23. The molecule has 0 radical (unpaired) electrons. The third kappa shape index (κ3) is 1.94. The lowest BCUT2D eigenvalue weighted by atomic mass is 9.87. The fourth-order valence-corrected chi connectivity index (χ4v) is 3.04. The topological polar surface area (TPSA) is 99.2 Å². The van der Waals surface area contributed by atoms with Crippen molar-refractivity contribution in [3.8, 4) is 0 Å². The summed E-state index contributed by atoms with van der Waals surface area (Å²) in [5, 5.41) is 21.4. The van der Waals surface area contributed by atoms with Crippen LogP contribution < -0.4 is 5.73 Å². The number of hydrogen-bond donors (Lipinski definition) is 3. The molecule has 2 unspecified atom stereocenters. The molecule has 2 atom stereocenters. The largest absolute Gasteiger partial charge is 0.409 e. The summed E-state index contributed by atoms with van der Waals surface area (Å²) >= 11 is 0. The zero-order valence-electron chi connectivity index (χ0n) is 10.8. The molecule has 2 rings (SSSR count). The van der Waals surface area contributed by atoms with Gasteiger partial charge in [0, 0.05) is 12.1 Å². The predicted octanol–water partition coefficient (Wildman–Crippen LogP) is 0.273. The van der Waals surface area contributed by atoms with Gasteiger partial charge in [-0.1, -0.05) is 5.16 Å². The molecule has 2 fully saturated rings. The average molecular weight is 255 g/mol. The maximum absolute atomic E-state index is 12.6. The summed E-state index contributed by atoms with van der Waals surface area (Å²) in [4.78, 5) is 14.4. The Hall–Kier alpha value is -1.30. The Kier molecular flexibility index (Phi) is 3.23. The highest BCUT2D eigenvalue weighted by Crippen LogP contribution is 2.38. The molecule has 102 valence electrons. The van der Waals surface area contributed by atoms with Crippen LogP contribution >= 0.6 is 0 Å². The molecule has 0 spiro atoms. The van der Waals surface area contributed by atoms with Gasteiger partial charge in [-0.05, 0) is 39.5 Å². The van der Waals surface area contributed by atoms with Crippen LogP contribution in [0.25, 0.3) is 0 Å². The Labute approximate surface area is 106 Å². The van der Waals surface area contributed by atoms with Crippen LogP contribution in [0, 0.1) is 5.41 Å². The van der Waals surface area contributed by atoms with Crippen LogP contribution in [0.3, 0.4) is 0 Å². The van der Waals surface area contributed by atoms with Gasteiger partial charge in [0.05, 0.1) is 6.10 Å². The second-order valence-electron chi connectivity index (χ2n) is 5.83. The Morgan fingerprint density at radius 3 is 2.28 bits per heavy atom. The van der Waals surface area contributed by atoms with Gasteiger partial charge in [0.2, 0.25) is 5.91 Å². The van der Waals surface area contributed by atoms with E-state index in [9.17, 15) is 9.90 Å². The van der Waals surface area contributed by atoms with Gasteiger partial charge in [-0.15, -0.1) is 0 Å². The molecule has 0 aliphatic carbocycles. The minimum atomic E-state index is -1.00. The predicted molar refractivity (Wildman–Crippen MR) is 66.1 cm³/mol. The minimum Gasteiger partial charge on any atom is -0.409 e. The molecular formula is C12H21N3O3. The van der Waals surface area contributed by atoms with Crippen molar-refractivity contribution >= 4 is 11.7 Å². The summed E-state index contributed by atoms with van der Waals surface area (Å²) in [7, 11) is 0. The van der Waals surface area contributed by atoms with Gasteiger partial charge in [-0.25, -0.2) is 0 Å². The van der Waals surface area contributed by atoms with E-state index < -0.39 is 5.41 Å². The molecular weight excluding hydrogens is 234 g/mol. The SMILES string of the molecule is CC(C)(C(=O)N1C2CCC1CC(O)C2)C(N)=NO. The van der Waals surface area contributed by atoms with E-state index in [1.54, 1.807) is 13.8 Å². The second kappa shape index (κ2) is 4.42. The van der Waals surface area contributed by atoms with Crippen molar-refractivity contribution in [1.82, 2.24) is 4.90 Å². The number of rotatable bonds is 2. The maximum Gasteiger partial charge on any atom is 0.236 e. The highest BCUT2D eigenvalue weighted by Gasteiger charge is 2.47. The number of amides is 1. The Morgan fingerprint density at radius 1 is 1.33 bits per heavy atom. The van der Waals surface area contributed by atoms with E-state index in [2.05, 4.69) is 5.16 Å². The molecule has 2 bridgehead atoms. The van der Waals surface area contributed by atoms with Gasteiger partial charge >= 0.3 is 0 Å². The molecule has 1 amide bonds. The summed E-state index contributed by atoms with van der Waals surface area (Å²) in [6, 6.07) is 0.189. The van der Waals surface area contributed by atoms with Crippen LogP contribution in [0.5, 0.6) is 0 Å². The Morgan fingerprint density at radius 2 is 1.83 bits per heavy atom. The second-order valence-corrected chi connectivity index (χ2v) is 5.83. The summed E-state index contributed by atoms with van der Waals surface area (Å²) in [6.45, 7) is 3.32. The first-order valence-corrected chi connectivity index (χ1v) is 6.36.